The molecule has 0 spiro atoms. The Morgan fingerprint density at radius 3 is 1.00 bits per heavy atom. The lowest BCUT2D eigenvalue weighted by molar-refractivity contribution is -0.148. The van der Waals surface area contributed by atoms with Gasteiger partial charge in [0.1, 0.15) is 11.1 Å². The highest BCUT2D eigenvalue weighted by Gasteiger charge is 2.63. The van der Waals surface area contributed by atoms with Crippen LogP contribution in [0.1, 0.15) is 40.5 Å². The van der Waals surface area contributed by atoms with E-state index < -0.39 is 23.9 Å². The van der Waals surface area contributed by atoms with Gasteiger partial charge in [0.05, 0.1) is 26.4 Å². The van der Waals surface area contributed by atoms with Crippen molar-refractivity contribution in [2.24, 2.45) is 23.7 Å². The number of hydrogen-bond acceptors (Lipinski definition) is 8. The van der Waals surface area contributed by atoms with E-state index in [1.807, 2.05) is 0 Å². The molecule has 0 aromatic heterocycles. The van der Waals surface area contributed by atoms with Gasteiger partial charge in [0, 0.05) is 0 Å². The fourth-order valence-corrected chi connectivity index (χ4v) is 5.32. The summed E-state index contributed by atoms with van der Waals surface area (Å²) in [6.45, 7) is 7.32. The minimum atomic E-state index is -0.675. The van der Waals surface area contributed by atoms with Crippen LogP contribution < -0.4 is 0 Å². The Kier molecular flexibility index (Phi) is 6.63. The number of hydrogen-bond donors (Lipinski definition) is 0. The highest BCUT2D eigenvalue weighted by atomic mass is 16.6. The van der Waals surface area contributed by atoms with E-state index in [1.54, 1.807) is 27.7 Å². The van der Waals surface area contributed by atoms with Gasteiger partial charge in [-0.25, -0.2) is 19.2 Å². The second kappa shape index (κ2) is 9.02. The largest absolute Gasteiger partial charge is 0.462 e. The van der Waals surface area contributed by atoms with Gasteiger partial charge in [0.15, 0.2) is 0 Å². The van der Waals surface area contributed by atoms with Crippen LogP contribution in [0.2, 0.25) is 0 Å². The van der Waals surface area contributed by atoms with Gasteiger partial charge in [-0.3, -0.25) is 0 Å². The molecule has 4 atom stereocenters. The number of allylic oxidation sites excluding steroid dienone is 2. The standard InChI is InChI=1S/C22H28O8/c1-5-27-19(23)17(20(24)28-6-2)15-11-9-13-12(15)10-14(11)16(13)18(21(25)29-7-3)22(26)30-8-4/h11-14H,5-10H2,1-4H3/t11-,12-,13-,14-/m1/s1. The molecule has 8 heteroatoms. The Labute approximate surface area is 175 Å². The van der Waals surface area contributed by atoms with Crippen molar-refractivity contribution < 1.29 is 38.1 Å². The van der Waals surface area contributed by atoms with Crippen LogP contribution in [-0.4, -0.2) is 50.3 Å². The van der Waals surface area contributed by atoms with Crippen LogP contribution in [0, 0.1) is 23.7 Å². The summed E-state index contributed by atoms with van der Waals surface area (Å²) in [4.78, 5) is 50.2. The van der Waals surface area contributed by atoms with E-state index in [-0.39, 0.29) is 61.2 Å². The average molecular weight is 420 g/mol. The maximum absolute atomic E-state index is 12.5. The minimum Gasteiger partial charge on any atom is -0.462 e. The number of carbonyl (C=O) groups is 4. The van der Waals surface area contributed by atoms with Gasteiger partial charge in [0.25, 0.3) is 0 Å². The maximum atomic E-state index is 12.5. The molecule has 0 unspecified atom stereocenters. The van der Waals surface area contributed by atoms with Crippen molar-refractivity contribution >= 4 is 23.9 Å². The number of esters is 4. The summed E-state index contributed by atoms with van der Waals surface area (Å²) in [5.74, 6) is -3.10. The summed E-state index contributed by atoms with van der Waals surface area (Å²) in [5.41, 5.74) is 1.45. The van der Waals surface area contributed by atoms with Crippen molar-refractivity contribution in [2.75, 3.05) is 26.4 Å². The van der Waals surface area contributed by atoms with E-state index in [9.17, 15) is 19.2 Å². The second-order valence-electron chi connectivity index (χ2n) is 7.44. The van der Waals surface area contributed by atoms with Crippen molar-refractivity contribution in [2.45, 2.75) is 40.5 Å². The Hall–Kier alpha value is -2.64. The molecule has 0 amide bonds. The first kappa shape index (κ1) is 22.1. The van der Waals surface area contributed by atoms with E-state index in [0.717, 1.165) is 11.1 Å². The second-order valence-corrected chi connectivity index (χ2v) is 7.44. The monoisotopic (exact) mass is 420 g/mol. The quantitative estimate of drug-likeness (QED) is 0.193. The van der Waals surface area contributed by atoms with Crippen LogP contribution in [0.4, 0.5) is 0 Å². The van der Waals surface area contributed by atoms with Crippen molar-refractivity contribution in [3.05, 3.63) is 22.3 Å². The zero-order valence-corrected chi connectivity index (χ0v) is 17.8. The third-order valence-corrected chi connectivity index (χ3v) is 6.08. The number of carbonyl (C=O) groups excluding carboxylic acids is 4. The van der Waals surface area contributed by atoms with E-state index >= 15 is 0 Å². The molecule has 4 rings (SSSR count). The van der Waals surface area contributed by atoms with Crippen LogP contribution in [0.25, 0.3) is 0 Å². The van der Waals surface area contributed by atoms with Gasteiger partial charge in [0.2, 0.25) is 0 Å². The van der Waals surface area contributed by atoms with E-state index in [1.165, 1.54) is 0 Å². The molecule has 0 saturated heterocycles. The summed E-state index contributed by atoms with van der Waals surface area (Å²) < 4.78 is 20.5. The lowest BCUT2D eigenvalue weighted by Gasteiger charge is -2.21. The Morgan fingerprint density at radius 2 is 0.800 bits per heavy atom. The SMILES string of the molecule is CCOC(=O)C(C(=O)OCC)=C1[C@@H]2C[C@H]3C(=C(C(=O)OCC)C(=O)OCC)[C@@H]2C[C@@H]13. The van der Waals surface area contributed by atoms with E-state index in [0.29, 0.717) is 12.8 Å². The van der Waals surface area contributed by atoms with Crippen LogP contribution in [-0.2, 0) is 38.1 Å². The molecule has 0 radical (unpaired) electrons. The predicted molar refractivity (Wildman–Crippen MR) is 104 cm³/mol. The molecule has 0 aromatic rings. The van der Waals surface area contributed by atoms with Crippen LogP contribution in [0.15, 0.2) is 22.3 Å². The molecular weight excluding hydrogens is 392 g/mol. The van der Waals surface area contributed by atoms with E-state index in [4.69, 9.17) is 18.9 Å². The number of ether oxygens (including phenoxy) is 4. The zero-order chi connectivity index (χ0) is 22.0. The first-order chi connectivity index (χ1) is 14.4. The summed E-state index contributed by atoms with van der Waals surface area (Å²) in [6.07, 6.45) is 1.34. The van der Waals surface area contributed by atoms with Gasteiger partial charge >= 0.3 is 23.9 Å². The fourth-order valence-electron chi connectivity index (χ4n) is 5.32. The lowest BCUT2D eigenvalue weighted by atomic mass is 9.85. The van der Waals surface area contributed by atoms with Crippen LogP contribution >= 0.6 is 0 Å². The minimum absolute atomic E-state index is 0.0217. The molecule has 0 N–H and O–H groups in total. The topological polar surface area (TPSA) is 105 Å². The van der Waals surface area contributed by atoms with Gasteiger partial charge in [-0.2, -0.15) is 0 Å². The zero-order valence-electron chi connectivity index (χ0n) is 17.8. The maximum Gasteiger partial charge on any atom is 0.345 e. The molecule has 30 heavy (non-hydrogen) atoms. The summed E-state index contributed by atoms with van der Waals surface area (Å²) >= 11 is 0. The van der Waals surface area contributed by atoms with Crippen molar-refractivity contribution in [1.29, 1.82) is 0 Å². The molecule has 4 aliphatic carbocycles. The third-order valence-electron chi connectivity index (χ3n) is 6.08. The molecule has 4 saturated carbocycles. The number of rotatable bonds is 8. The van der Waals surface area contributed by atoms with Crippen LogP contribution in [0.5, 0.6) is 0 Å². The Bertz CT molecular complexity index is 693. The van der Waals surface area contributed by atoms with Crippen LogP contribution in [0.3, 0.4) is 0 Å². The van der Waals surface area contributed by atoms with E-state index in [2.05, 4.69) is 0 Å². The molecular formula is C22H28O8. The molecule has 0 aliphatic heterocycles. The molecule has 0 aromatic carbocycles. The summed E-state index contributed by atoms with van der Waals surface area (Å²) in [5, 5.41) is 0. The highest BCUT2D eigenvalue weighted by Crippen LogP contribution is 2.69. The summed E-state index contributed by atoms with van der Waals surface area (Å²) in [7, 11) is 0. The van der Waals surface area contributed by atoms with Gasteiger partial charge < -0.3 is 18.9 Å². The van der Waals surface area contributed by atoms with Crippen molar-refractivity contribution in [3.8, 4) is 0 Å². The molecule has 8 nitrogen and oxygen atoms in total. The smallest absolute Gasteiger partial charge is 0.345 e. The normalized spacial score (nSPS) is 25.3. The Morgan fingerprint density at radius 1 is 0.567 bits per heavy atom. The molecule has 0 heterocycles. The molecule has 4 bridgehead atoms. The van der Waals surface area contributed by atoms with Gasteiger partial charge in [-0.1, -0.05) is 0 Å². The highest BCUT2D eigenvalue weighted by molar-refractivity contribution is 6.16. The van der Waals surface area contributed by atoms with Gasteiger partial charge in [-0.05, 0) is 75.4 Å². The molecule has 4 aliphatic rings. The Balaban J connectivity index is 2.03. The van der Waals surface area contributed by atoms with Crippen molar-refractivity contribution in [1.82, 2.24) is 0 Å². The molecule has 164 valence electrons. The third kappa shape index (κ3) is 3.52. The predicted octanol–water partition coefficient (Wildman–Crippen LogP) is 2.12. The summed E-state index contributed by atoms with van der Waals surface area (Å²) in [6, 6.07) is 0. The van der Waals surface area contributed by atoms with Gasteiger partial charge in [-0.15, -0.1) is 0 Å². The molecule has 4 fully saturated rings. The van der Waals surface area contributed by atoms with Crippen molar-refractivity contribution in [3.63, 3.8) is 0 Å². The average Bonchev–Trinajstić information content (AvgIpc) is 3.41. The first-order valence-corrected chi connectivity index (χ1v) is 10.6. The lowest BCUT2D eigenvalue weighted by Crippen LogP contribution is -2.26. The first-order valence-electron chi connectivity index (χ1n) is 10.6. The fraction of sp³-hybridized carbons (Fsp3) is 0.636.